The number of ketones is 1. The Kier molecular flexibility index (Phi) is 4.71. The van der Waals surface area contributed by atoms with Gasteiger partial charge in [0.25, 0.3) is 0 Å². The van der Waals surface area contributed by atoms with E-state index in [1.807, 2.05) is 48.6 Å². The van der Waals surface area contributed by atoms with Gasteiger partial charge in [-0.15, -0.1) is 0 Å². The fourth-order valence-electron chi connectivity index (χ4n) is 3.97. The van der Waals surface area contributed by atoms with Gasteiger partial charge in [0.05, 0.1) is 17.2 Å². The van der Waals surface area contributed by atoms with Crippen LogP contribution in [0.15, 0.2) is 47.5 Å². The summed E-state index contributed by atoms with van der Waals surface area (Å²) in [5.74, 6) is 3.01. The zero-order valence-corrected chi connectivity index (χ0v) is 17.1. The number of rotatable bonds is 3. The molecule has 0 radical (unpaired) electrons. The number of nitrogens with one attached hydrogen (secondary N) is 1. The highest BCUT2D eigenvalue weighted by Crippen LogP contribution is 2.34. The molecule has 3 aliphatic heterocycles. The lowest BCUT2D eigenvalue weighted by molar-refractivity contribution is -0.912. The summed E-state index contributed by atoms with van der Waals surface area (Å²) in [4.78, 5) is 14.7. The van der Waals surface area contributed by atoms with Crippen LogP contribution in [-0.4, -0.2) is 38.5 Å². The van der Waals surface area contributed by atoms with Gasteiger partial charge in [0.2, 0.25) is 13.6 Å². The van der Waals surface area contributed by atoms with E-state index in [1.165, 1.54) is 4.90 Å². The number of hydrogen-bond donors (Lipinski definition) is 1. The van der Waals surface area contributed by atoms with Gasteiger partial charge in [0.1, 0.15) is 13.1 Å². The van der Waals surface area contributed by atoms with Crippen LogP contribution in [-0.2, 0) is 4.79 Å². The number of Topliss-reactive ketones (excluding diaryl/α,β-unsaturated/α-hetero) is 1. The molecular formula is C24H24NO5+. The first-order valence-electron chi connectivity index (χ1n) is 10.2. The van der Waals surface area contributed by atoms with Crippen molar-refractivity contribution in [2.45, 2.75) is 19.9 Å². The quantitative estimate of drug-likeness (QED) is 0.794. The van der Waals surface area contributed by atoms with Crippen molar-refractivity contribution in [1.82, 2.24) is 0 Å². The summed E-state index contributed by atoms with van der Waals surface area (Å²) < 4.78 is 21.7. The molecule has 154 valence electrons. The van der Waals surface area contributed by atoms with Crippen LogP contribution in [0, 0.1) is 0 Å². The normalized spacial score (nSPS) is 22.4. The van der Waals surface area contributed by atoms with E-state index in [0.29, 0.717) is 19.1 Å². The Morgan fingerprint density at radius 1 is 0.767 bits per heavy atom. The van der Waals surface area contributed by atoms with Crippen molar-refractivity contribution in [2.24, 2.45) is 0 Å². The first kappa shape index (κ1) is 18.8. The first-order chi connectivity index (χ1) is 14.6. The van der Waals surface area contributed by atoms with Gasteiger partial charge in [0, 0.05) is 0 Å². The van der Waals surface area contributed by atoms with Crippen molar-refractivity contribution >= 4 is 17.9 Å². The molecule has 0 atom stereocenters. The minimum absolute atomic E-state index is 0.0923. The number of benzene rings is 2. The third-order valence-corrected chi connectivity index (χ3v) is 5.71. The molecule has 0 saturated carbocycles. The summed E-state index contributed by atoms with van der Waals surface area (Å²) in [6.45, 7) is 6.24. The molecule has 0 aromatic heterocycles. The average Bonchev–Trinajstić information content (AvgIpc) is 3.39. The molecule has 1 N–H and O–H groups in total. The molecule has 0 unspecified atom stereocenters. The standard InChI is InChI=1S/C24H23NO5/c1-15(2)25-11-18(7-16-3-5-20-22(9-16)29-13-27-20)24(26)19(12-25)8-17-4-6-21-23(10-17)30-14-28-21/h3-10,15H,11-14H2,1-2H3/p+1/b18-7+,19-8+. The molecule has 2 aromatic rings. The van der Waals surface area contributed by atoms with Gasteiger partial charge < -0.3 is 23.8 Å². The minimum Gasteiger partial charge on any atom is -0.454 e. The molecule has 1 saturated heterocycles. The highest BCUT2D eigenvalue weighted by Gasteiger charge is 2.31. The maximum absolute atomic E-state index is 13.3. The zero-order valence-electron chi connectivity index (χ0n) is 17.1. The predicted molar refractivity (Wildman–Crippen MR) is 112 cm³/mol. The fraction of sp³-hybridized carbons (Fsp3) is 0.292. The van der Waals surface area contributed by atoms with Crippen molar-refractivity contribution in [3.8, 4) is 23.0 Å². The van der Waals surface area contributed by atoms with Gasteiger partial charge in [-0.3, -0.25) is 4.79 Å². The van der Waals surface area contributed by atoms with Gasteiger partial charge in [-0.25, -0.2) is 0 Å². The lowest BCUT2D eigenvalue weighted by Crippen LogP contribution is -3.16. The lowest BCUT2D eigenvalue weighted by atomic mass is 9.93. The van der Waals surface area contributed by atoms with Crippen LogP contribution in [0.4, 0.5) is 0 Å². The molecule has 2 aromatic carbocycles. The van der Waals surface area contributed by atoms with E-state index in [1.54, 1.807) is 0 Å². The predicted octanol–water partition coefficient (Wildman–Crippen LogP) is 2.49. The Morgan fingerprint density at radius 3 is 1.70 bits per heavy atom. The van der Waals surface area contributed by atoms with Crippen LogP contribution in [0.3, 0.4) is 0 Å². The third kappa shape index (κ3) is 3.55. The molecule has 3 aliphatic rings. The summed E-state index contributed by atoms with van der Waals surface area (Å²) in [6, 6.07) is 11.9. The van der Waals surface area contributed by atoms with E-state index >= 15 is 0 Å². The van der Waals surface area contributed by atoms with Crippen LogP contribution in [0.2, 0.25) is 0 Å². The number of hydrogen-bond acceptors (Lipinski definition) is 5. The third-order valence-electron chi connectivity index (χ3n) is 5.71. The number of likely N-dealkylation sites (tertiary alicyclic amines) is 1. The topological polar surface area (TPSA) is 58.4 Å². The van der Waals surface area contributed by atoms with Crippen LogP contribution in [0.25, 0.3) is 12.2 Å². The van der Waals surface area contributed by atoms with E-state index < -0.39 is 0 Å². The summed E-state index contributed by atoms with van der Waals surface area (Å²) in [6.07, 6.45) is 3.94. The highest BCUT2D eigenvalue weighted by molar-refractivity contribution is 6.14. The van der Waals surface area contributed by atoms with Gasteiger partial charge in [-0.1, -0.05) is 12.1 Å². The second kappa shape index (κ2) is 7.54. The Labute approximate surface area is 175 Å². The Balaban J connectivity index is 1.48. The maximum atomic E-state index is 13.3. The van der Waals surface area contributed by atoms with Gasteiger partial charge in [-0.2, -0.15) is 0 Å². The molecule has 0 amide bonds. The van der Waals surface area contributed by atoms with Gasteiger partial charge >= 0.3 is 0 Å². The van der Waals surface area contributed by atoms with E-state index in [-0.39, 0.29) is 19.4 Å². The molecule has 0 spiro atoms. The van der Waals surface area contributed by atoms with Crippen LogP contribution in [0.1, 0.15) is 25.0 Å². The number of fused-ring (bicyclic) bond motifs is 2. The van der Waals surface area contributed by atoms with E-state index in [2.05, 4.69) is 13.8 Å². The second-order valence-corrected chi connectivity index (χ2v) is 8.06. The highest BCUT2D eigenvalue weighted by atomic mass is 16.7. The second-order valence-electron chi connectivity index (χ2n) is 8.06. The smallest absolute Gasteiger partial charge is 0.231 e. The molecule has 1 fully saturated rings. The van der Waals surface area contributed by atoms with E-state index in [4.69, 9.17) is 18.9 Å². The number of carbonyl (C=O) groups excluding carboxylic acids is 1. The Hall–Kier alpha value is -3.25. The summed E-state index contributed by atoms with van der Waals surface area (Å²) >= 11 is 0. The van der Waals surface area contributed by atoms with Crippen LogP contribution < -0.4 is 23.8 Å². The van der Waals surface area contributed by atoms with Gasteiger partial charge in [-0.05, 0) is 61.4 Å². The van der Waals surface area contributed by atoms with Crippen LogP contribution in [0.5, 0.6) is 23.0 Å². The zero-order chi connectivity index (χ0) is 20.7. The lowest BCUT2D eigenvalue weighted by Gasteiger charge is -2.30. The van der Waals surface area contributed by atoms with Crippen molar-refractivity contribution < 1.29 is 28.6 Å². The van der Waals surface area contributed by atoms with Crippen LogP contribution >= 0.6 is 0 Å². The van der Waals surface area contributed by atoms with Gasteiger partial charge in [0.15, 0.2) is 28.8 Å². The molecule has 5 rings (SSSR count). The van der Waals surface area contributed by atoms with Crippen molar-refractivity contribution in [2.75, 3.05) is 26.7 Å². The fourth-order valence-corrected chi connectivity index (χ4v) is 3.97. The number of quaternary nitrogens is 1. The van der Waals surface area contributed by atoms with E-state index in [9.17, 15) is 4.79 Å². The molecule has 0 aliphatic carbocycles. The molecule has 6 nitrogen and oxygen atoms in total. The maximum Gasteiger partial charge on any atom is 0.231 e. The largest absolute Gasteiger partial charge is 0.454 e. The summed E-state index contributed by atoms with van der Waals surface area (Å²) in [5.41, 5.74) is 3.48. The van der Waals surface area contributed by atoms with Crippen molar-refractivity contribution in [1.29, 1.82) is 0 Å². The average molecular weight is 406 g/mol. The van der Waals surface area contributed by atoms with Crippen molar-refractivity contribution in [3.05, 3.63) is 58.7 Å². The van der Waals surface area contributed by atoms with E-state index in [0.717, 1.165) is 45.3 Å². The number of ether oxygens (including phenoxy) is 4. The number of carbonyl (C=O) groups is 1. The molecule has 0 bridgehead atoms. The first-order valence-corrected chi connectivity index (χ1v) is 10.2. The summed E-state index contributed by atoms with van der Waals surface area (Å²) in [5, 5.41) is 0. The molecular weight excluding hydrogens is 382 g/mol. The molecule has 6 heteroatoms. The summed E-state index contributed by atoms with van der Waals surface area (Å²) in [7, 11) is 0. The Morgan fingerprint density at radius 2 is 1.23 bits per heavy atom. The Bertz CT molecular complexity index is 990. The van der Waals surface area contributed by atoms with Crippen molar-refractivity contribution in [3.63, 3.8) is 0 Å². The minimum atomic E-state index is 0.0923. The molecule has 3 heterocycles. The number of piperidine rings is 1. The SMILES string of the molecule is CC(C)[NH+]1C/C(=C\c2ccc3c(c2)OCO3)C(=O)/C(=C/c2ccc3c(c2)OCO3)C1. The monoisotopic (exact) mass is 406 g/mol. The molecule has 30 heavy (non-hydrogen) atoms.